The minimum atomic E-state index is -4.55. The van der Waals surface area contributed by atoms with Gasteiger partial charge in [0.05, 0.1) is 4.88 Å². The molecule has 0 saturated carbocycles. The first kappa shape index (κ1) is 15.4. The first-order valence-corrected chi connectivity index (χ1v) is 7.11. The summed E-state index contributed by atoms with van der Waals surface area (Å²) in [6.45, 7) is 0.0324. The molecule has 2 nitrogen and oxygen atoms in total. The molecule has 2 rings (SSSR count). The summed E-state index contributed by atoms with van der Waals surface area (Å²) < 4.78 is 53.0. The van der Waals surface area contributed by atoms with Crippen LogP contribution in [0.15, 0.2) is 22.7 Å². The average Bonchev–Trinajstić information content (AvgIpc) is 2.73. The summed E-state index contributed by atoms with van der Waals surface area (Å²) in [5, 5.41) is 2.68. The van der Waals surface area contributed by atoms with Gasteiger partial charge in [-0.3, -0.25) is 0 Å². The summed E-state index contributed by atoms with van der Waals surface area (Å²) in [5.74, 6) is -0.613. The van der Waals surface area contributed by atoms with Gasteiger partial charge in [0.25, 0.3) is 0 Å². The number of thiazole rings is 1. The molecule has 0 aliphatic rings. The van der Waals surface area contributed by atoms with E-state index in [1.165, 1.54) is 12.1 Å². The van der Waals surface area contributed by atoms with Crippen molar-refractivity contribution in [2.75, 3.05) is 7.05 Å². The molecule has 0 aliphatic heterocycles. The molecule has 1 N–H and O–H groups in total. The average molecular weight is 369 g/mol. The lowest BCUT2D eigenvalue weighted by Crippen LogP contribution is -2.12. The first-order chi connectivity index (χ1) is 9.32. The largest absolute Gasteiger partial charge is 0.434 e. The van der Waals surface area contributed by atoms with E-state index in [2.05, 4.69) is 26.2 Å². The van der Waals surface area contributed by atoms with Gasteiger partial charge in [-0.2, -0.15) is 13.2 Å². The zero-order valence-corrected chi connectivity index (χ0v) is 12.6. The van der Waals surface area contributed by atoms with Crippen LogP contribution in [0.25, 0.3) is 10.6 Å². The van der Waals surface area contributed by atoms with Gasteiger partial charge in [0.15, 0.2) is 5.69 Å². The van der Waals surface area contributed by atoms with Gasteiger partial charge < -0.3 is 5.32 Å². The van der Waals surface area contributed by atoms with Crippen LogP contribution in [0.5, 0.6) is 0 Å². The van der Waals surface area contributed by atoms with Crippen LogP contribution in [0.4, 0.5) is 17.6 Å². The molecule has 0 radical (unpaired) electrons. The highest BCUT2D eigenvalue weighted by molar-refractivity contribution is 9.10. The van der Waals surface area contributed by atoms with Crippen LogP contribution < -0.4 is 5.32 Å². The molecule has 1 aromatic carbocycles. The van der Waals surface area contributed by atoms with E-state index in [-0.39, 0.29) is 22.0 Å². The highest BCUT2D eigenvalue weighted by Crippen LogP contribution is 2.38. The van der Waals surface area contributed by atoms with Crippen molar-refractivity contribution in [3.8, 4) is 10.6 Å². The second-order valence-electron chi connectivity index (χ2n) is 3.94. The molecule has 0 spiro atoms. The monoisotopic (exact) mass is 368 g/mol. The molecule has 1 heterocycles. The fourth-order valence-corrected chi connectivity index (χ4v) is 3.09. The Hall–Kier alpha value is -0.990. The predicted molar refractivity (Wildman–Crippen MR) is 73.0 cm³/mol. The maximum atomic E-state index is 13.8. The lowest BCUT2D eigenvalue weighted by atomic mass is 10.2. The van der Waals surface area contributed by atoms with Crippen molar-refractivity contribution < 1.29 is 17.6 Å². The van der Waals surface area contributed by atoms with Gasteiger partial charge in [-0.1, -0.05) is 15.9 Å². The van der Waals surface area contributed by atoms with Gasteiger partial charge >= 0.3 is 6.18 Å². The molecule has 108 valence electrons. The number of benzene rings is 1. The topological polar surface area (TPSA) is 24.9 Å². The van der Waals surface area contributed by atoms with Crippen LogP contribution in [0.1, 0.15) is 10.6 Å². The van der Waals surface area contributed by atoms with E-state index in [4.69, 9.17) is 0 Å². The van der Waals surface area contributed by atoms with E-state index >= 15 is 0 Å². The predicted octanol–water partition coefficient (Wildman–Crippen LogP) is 4.45. The molecule has 20 heavy (non-hydrogen) atoms. The minimum absolute atomic E-state index is 0.0209. The molecular weight excluding hydrogens is 360 g/mol. The standard InChI is InChI=1S/C12H9BrF4N2S/c1-18-5-9-10(12(15,16)17)19-11(20-9)7-3-2-6(13)4-8(7)14/h2-4,18H,5H2,1H3. The van der Waals surface area contributed by atoms with E-state index in [0.717, 1.165) is 11.3 Å². The van der Waals surface area contributed by atoms with E-state index in [9.17, 15) is 17.6 Å². The highest BCUT2D eigenvalue weighted by Gasteiger charge is 2.37. The fourth-order valence-electron chi connectivity index (χ4n) is 1.63. The van der Waals surface area contributed by atoms with Crippen LogP contribution in [0.3, 0.4) is 0 Å². The van der Waals surface area contributed by atoms with Crippen LogP contribution >= 0.6 is 27.3 Å². The van der Waals surface area contributed by atoms with E-state index < -0.39 is 17.7 Å². The smallest absolute Gasteiger partial charge is 0.315 e. The molecule has 2 aromatic rings. The van der Waals surface area contributed by atoms with Gasteiger partial charge in [-0.15, -0.1) is 11.3 Å². The summed E-state index contributed by atoms with van der Waals surface area (Å²) in [7, 11) is 1.54. The lowest BCUT2D eigenvalue weighted by Gasteiger charge is -2.04. The Morgan fingerprint density at radius 2 is 2.05 bits per heavy atom. The number of alkyl halides is 3. The summed E-state index contributed by atoms with van der Waals surface area (Å²) in [5.41, 5.74) is -0.903. The number of aromatic nitrogens is 1. The van der Waals surface area contributed by atoms with Crippen molar-refractivity contribution in [1.29, 1.82) is 0 Å². The zero-order valence-electron chi connectivity index (χ0n) is 10.2. The maximum Gasteiger partial charge on any atom is 0.434 e. The quantitative estimate of drug-likeness (QED) is 0.809. The van der Waals surface area contributed by atoms with Gasteiger partial charge in [0.2, 0.25) is 0 Å². The van der Waals surface area contributed by atoms with Crippen LogP contribution in [0, 0.1) is 5.82 Å². The normalized spacial score (nSPS) is 11.9. The number of hydrogen-bond acceptors (Lipinski definition) is 3. The van der Waals surface area contributed by atoms with Crippen LogP contribution in [-0.4, -0.2) is 12.0 Å². The van der Waals surface area contributed by atoms with Gasteiger partial charge in [-0.25, -0.2) is 9.37 Å². The number of nitrogens with zero attached hydrogens (tertiary/aromatic N) is 1. The molecule has 0 unspecified atom stereocenters. The molecule has 0 saturated heterocycles. The number of nitrogens with one attached hydrogen (secondary N) is 1. The Kier molecular flexibility index (Phi) is 4.46. The molecular formula is C12H9BrF4N2S. The SMILES string of the molecule is CNCc1sc(-c2ccc(Br)cc2F)nc1C(F)(F)F. The summed E-state index contributed by atoms with van der Waals surface area (Å²) in [6, 6.07) is 4.16. The van der Waals surface area contributed by atoms with Crippen molar-refractivity contribution in [3.63, 3.8) is 0 Å². The van der Waals surface area contributed by atoms with Gasteiger partial charge in [-0.05, 0) is 25.2 Å². The second-order valence-corrected chi connectivity index (χ2v) is 5.94. The third-order valence-electron chi connectivity index (χ3n) is 2.46. The molecule has 8 heteroatoms. The Morgan fingerprint density at radius 1 is 1.35 bits per heavy atom. The van der Waals surface area contributed by atoms with Crippen molar-refractivity contribution in [2.45, 2.75) is 12.7 Å². The minimum Gasteiger partial charge on any atom is -0.315 e. The van der Waals surface area contributed by atoms with Crippen molar-refractivity contribution in [2.24, 2.45) is 0 Å². The second kappa shape index (κ2) is 5.79. The van der Waals surface area contributed by atoms with E-state index in [0.29, 0.717) is 4.47 Å². The molecule has 0 bridgehead atoms. The summed E-state index contributed by atoms with van der Waals surface area (Å²) in [6.07, 6.45) is -4.55. The molecule has 0 atom stereocenters. The Bertz CT molecular complexity index is 624. The van der Waals surface area contributed by atoms with Crippen molar-refractivity contribution in [1.82, 2.24) is 10.3 Å². The molecule has 0 amide bonds. The highest BCUT2D eigenvalue weighted by atomic mass is 79.9. The first-order valence-electron chi connectivity index (χ1n) is 5.50. The van der Waals surface area contributed by atoms with Crippen LogP contribution in [0.2, 0.25) is 0 Å². The lowest BCUT2D eigenvalue weighted by molar-refractivity contribution is -0.141. The zero-order chi connectivity index (χ0) is 14.9. The van der Waals surface area contributed by atoms with Crippen molar-refractivity contribution in [3.05, 3.63) is 39.1 Å². The van der Waals surface area contributed by atoms with Gasteiger partial charge in [0.1, 0.15) is 10.8 Å². The Balaban J connectivity index is 2.53. The summed E-state index contributed by atoms with van der Waals surface area (Å²) in [4.78, 5) is 3.60. The van der Waals surface area contributed by atoms with E-state index in [1.54, 1.807) is 13.1 Å². The molecule has 0 fully saturated rings. The summed E-state index contributed by atoms with van der Waals surface area (Å²) >= 11 is 3.93. The molecule has 0 aliphatic carbocycles. The maximum absolute atomic E-state index is 13.8. The van der Waals surface area contributed by atoms with Gasteiger partial charge in [0, 0.05) is 16.6 Å². The van der Waals surface area contributed by atoms with Crippen molar-refractivity contribution >= 4 is 27.3 Å². The third kappa shape index (κ3) is 3.18. The van der Waals surface area contributed by atoms with Crippen LogP contribution in [-0.2, 0) is 12.7 Å². The number of hydrogen-bond donors (Lipinski definition) is 1. The number of halogens is 5. The molecule has 1 aromatic heterocycles. The Labute approximate surface area is 125 Å². The number of rotatable bonds is 3. The fraction of sp³-hybridized carbons (Fsp3) is 0.250. The third-order valence-corrected chi connectivity index (χ3v) is 4.05. The van der Waals surface area contributed by atoms with E-state index in [1.807, 2.05) is 0 Å². The Morgan fingerprint density at radius 3 is 2.60 bits per heavy atom.